The van der Waals surface area contributed by atoms with Gasteiger partial charge >= 0.3 is 0 Å². The molecule has 0 spiro atoms. The number of aliphatic hydroxyl groups is 1. The van der Waals surface area contributed by atoms with Crippen molar-refractivity contribution in [2.24, 2.45) is 0 Å². The summed E-state index contributed by atoms with van der Waals surface area (Å²) in [6.45, 7) is 4.07. The first-order valence-electron chi connectivity index (χ1n) is 9.50. The number of benzene rings is 3. The third-order valence-electron chi connectivity index (χ3n) is 5.32. The second-order valence-electron chi connectivity index (χ2n) is 7.26. The fourth-order valence-corrected chi connectivity index (χ4v) is 4.22. The van der Waals surface area contributed by atoms with Crippen molar-refractivity contribution >= 4 is 11.8 Å². The number of hydrogen-bond acceptors (Lipinski definition) is 2. The third-order valence-corrected chi connectivity index (χ3v) is 5.32. The predicted octanol–water partition coefficient (Wildman–Crippen LogP) is 5.77. The lowest BCUT2D eigenvalue weighted by atomic mass is 9.87. The molecule has 0 amide bonds. The van der Waals surface area contributed by atoms with E-state index in [1.807, 2.05) is 31.2 Å². The van der Waals surface area contributed by atoms with Crippen LogP contribution in [0.3, 0.4) is 0 Å². The number of anilines is 1. The number of nitrogens with zero attached hydrogens (tertiary/aromatic N) is 1. The predicted molar refractivity (Wildman–Crippen MR) is 113 cm³/mol. The molecule has 4 rings (SSSR count). The minimum absolute atomic E-state index is 0.0842. The van der Waals surface area contributed by atoms with Crippen molar-refractivity contribution in [2.45, 2.75) is 32.0 Å². The summed E-state index contributed by atoms with van der Waals surface area (Å²) in [4.78, 5) is 2.39. The summed E-state index contributed by atoms with van der Waals surface area (Å²) in [5, 5.41) is 10.8. The number of hydrogen-bond donors (Lipinski definition) is 1. The lowest BCUT2D eigenvalue weighted by Crippen LogP contribution is -2.40. The largest absolute Gasteiger partial charge is 0.391 e. The van der Waals surface area contributed by atoms with Gasteiger partial charge in [0, 0.05) is 5.69 Å². The molecule has 0 fully saturated rings. The minimum atomic E-state index is -0.516. The summed E-state index contributed by atoms with van der Waals surface area (Å²) < 4.78 is 0. The zero-order valence-corrected chi connectivity index (χ0v) is 15.8. The van der Waals surface area contributed by atoms with Crippen LogP contribution in [0.2, 0.25) is 0 Å². The van der Waals surface area contributed by atoms with Crippen LogP contribution in [0.25, 0.3) is 6.08 Å². The minimum Gasteiger partial charge on any atom is -0.391 e. The van der Waals surface area contributed by atoms with Crippen molar-refractivity contribution in [3.05, 3.63) is 107 Å². The molecule has 2 heteroatoms. The van der Waals surface area contributed by atoms with Gasteiger partial charge in [-0.3, -0.25) is 0 Å². The quantitative estimate of drug-likeness (QED) is 0.642. The number of aliphatic hydroxyl groups excluding tert-OH is 1. The molecule has 3 aromatic rings. The van der Waals surface area contributed by atoms with E-state index in [0.717, 1.165) is 11.3 Å². The molecule has 0 saturated heterocycles. The first kappa shape index (κ1) is 17.6. The molecule has 1 heterocycles. The van der Waals surface area contributed by atoms with Crippen molar-refractivity contribution in [3.8, 4) is 0 Å². The van der Waals surface area contributed by atoms with Crippen LogP contribution in [-0.4, -0.2) is 11.2 Å². The van der Waals surface area contributed by atoms with Gasteiger partial charge in [-0.15, -0.1) is 0 Å². The molecule has 2 nitrogen and oxygen atoms in total. The normalized spacial score (nSPS) is 18.4. The lowest BCUT2D eigenvalue weighted by molar-refractivity contribution is 0.156. The van der Waals surface area contributed by atoms with Gasteiger partial charge in [0.2, 0.25) is 0 Å². The van der Waals surface area contributed by atoms with E-state index in [2.05, 4.69) is 78.6 Å². The summed E-state index contributed by atoms with van der Waals surface area (Å²) in [5.74, 6) is 0. The van der Waals surface area contributed by atoms with Crippen molar-refractivity contribution in [1.29, 1.82) is 0 Å². The zero-order valence-electron chi connectivity index (χ0n) is 15.8. The van der Waals surface area contributed by atoms with Gasteiger partial charge in [0.25, 0.3) is 0 Å². The Labute approximate surface area is 161 Å². The van der Waals surface area contributed by atoms with E-state index in [1.54, 1.807) is 0 Å². The average molecular weight is 355 g/mol. The standard InChI is InChI=1S/C25H25NO/c1-18-17-22-15-9-10-16-23(22)26(24(18)20-11-5-3-6-12-20)25(19(2)27)21-13-7-4-8-14-21/h3-17,19,24-25,27H,1-2H3/t19?,24-,25?/m0/s1. The Morgan fingerprint density at radius 2 is 1.41 bits per heavy atom. The van der Waals surface area contributed by atoms with E-state index < -0.39 is 6.10 Å². The summed E-state index contributed by atoms with van der Waals surface area (Å²) in [5.41, 5.74) is 6.00. The molecule has 3 atom stereocenters. The number of para-hydroxylation sites is 1. The van der Waals surface area contributed by atoms with Crippen LogP contribution < -0.4 is 4.90 Å². The maximum atomic E-state index is 10.8. The van der Waals surface area contributed by atoms with Gasteiger partial charge in [-0.1, -0.05) is 84.9 Å². The highest BCUT2D eigenvalue weighted by Crippen LogP contribution is 2.46. The Hall–Kier alpha value is -2.84. The van der Waals surface area contributed by atoms with Crippen molar-refractivity contribution < 1.29 is 5.11 Å². The molecule has 136 valence electrons. The lowest BCUT2D eigenvalue weighted by Gasteiger charge is -2.45. The third kappa shape index (κ3) is 3.29. The second-order valence-corrected chi connectivity index (χ2v) is 7.26. The van der Waals surface area contributed by atoms with Gasteiger partial charge in [0.15, 0.2) is 0 Å². The Bertz CT molecular complexity index is 931. The maximum absolute atomic E-state index is 10.8. The molecule has 3 aromatic carbocycles. The molecular formula is C25H25NO. The highest BCUT2D eigenvalue weighted by Gasteiger charge is 2.35. The summed E-state index contributed by atoms with van der Waals surface area (Å²) in [6.07, 6.45) is 1.76. The fraction of sp³-hybridized carbons (Fsp3) is 0.200. The van der Waals surface area contributed by atoms with Crippen molar-refractivity contribution in [2.75, 3.05) is 4.90 Å². The van der Waals surface area contributed by atoms with Gasteiger partial charge < -0.3 is 10.0 Å². The van der Waals surface area contributed by atoms with Gasteiger partial charge in [0.1, 0.15) is 0 Å². The SMILES string of the molecule is CC1=Cc2ccccc2N(C(c2ccccc2)C(C)O)[C@@H]1c1ccccc1. The van der Waals surface area contributed by atoms with Crippen LogP contribution in [0.5, 0.6) is 0 Å². The number of fused-ring (bicyclic) bond motifs is 1. The molecule has 2 unspecified atom stereocenters. The van der Waals surface area contributed by atoms with E-state index in [1.165, 1.54) is 16.7 Å². The van der Waals surface area contributed by atoms with Crippen molar-refractivity contribution in [1.82, 2.24) is 0 Å². The van der Waals surface area contributed by atoms with Gasteiger partial charge in [-0.25, -0.2) is 0 Å². The van der Waals surface area contributed by atoms with Crippen LogP contribution in [0.1, 0.15) is 42.6 Å². The van der Waals surface area contributed by atoms with E-state index in [0.29, 0.717) is 0 Å². The van der Waals surface area contributed by atoms with Crippen LogP contribution >= 0.6 is 0 Å². The molecule has 0 aromatic heterocycles. The van der Waals surface area contributed by atoms with E-state index in [9.17, 15) is 5.11 Å². The highest BCUT2D eigenvalue weighted by atomic mass is 16.3. The highest BCUT2D eigenvalue weighted by molar-refractivity contribution is 5.76. The molecule has 1 aliphatic heterocycles. The second kappa shape index (κ2) is 7.42. The Morgan fingerprint density at radius 1 is 0.815 bits per heavy atom. The van der Waals surface area contributed by atoms with E-state index in [-0.39, 0.29) is 12.1 Å². The van der Waals surface area contributed by atoms with E-state index >= 15 is 0 Å². The van der Waals surface area contributed by atoms with E-state index in [4.69, 9.17) is 0 Å². The Balaban J connectivity index is 1.93. The molecule has 0 radical (unpaired) electrons. The maximum Gasteiger partial charge on any atom is 0.0808 e. The Kier molecular flexibility index (Phi) is 4.83. The first-order valence-corrected chi connectivity index (χ1v) is 9.50. The van der Waals surface area contributed by atoms with Crippen molar-refractivity contribution in [3.63, 3.8) is 0 Å². The summed E-state index contributed by atoms with van der Waals surface area (Å²) in [6, 6.07) is 29.3. The fourth-order valence-electron chi connectivity index (χ4n) is 4.22. The monoisotopic (exact) mass is 355 g/mol. The first-order chi connectivity index (χ1) is 13.2. The summed E-state index contributed by atoms with van der Waals surface area (Å²) in [7, 11) is 0. The average Bonchev–Trinajstić information content (AvgIpc) is 2.69. The Morgan fingerprint density at radius 3 is 2.07 bits per heavy atom. The number of rotatable bonds is 4. The molecule has 1 N–H and O–H groups in total. The zero-order chi connectivity index (χ0) is 18.8. The molecule has 0 saturated carbocycles. The molecule has 27 heavy (non-hydrogen) atoms. The molecule has 0 bridgehead atoms. The van der Waals surface area contributed by atoms with Crippen LogP contribution in [-0.2, 0) is 0 Å². The summed E-state index contributed by atoms with van der Waals surface area (Å²) >= 11 is 0. The molecular weight excluding hydrogens is 330 g/mol. The van der Waals surface area contributed by atoms with Gasteiger partial charge in [-0.2, -0.15) is 0 Å². The van der Waals surface area contributed by atoms with Crippen LogP contribution in [0.4, 0.5) is 5.69 Å². The smallest absolute Gasteiger partial charge is 0.0808 e. The van der Waals surface area contributed by atoms with Crippen LogP contribution in [0, 0.1) is 0 Å². The van der Waals surface area contributed by atoms with Gasteiger partial charge in [0.05, 0.1) is 18.2 Å². The topological polar surface area (TPSA) is 23.5 Å². The van der Waals surface area contributed by atoms with Crippen LogP contribution in [0.15, 0.2) is 90.5 Å². The van der Waals surface area contributed by atoms with Gasteiger partial charge in [-0.05, 0) is 42.2 Å². The molecule has 1 aliphatic rings. The molecule has 0 aliphatic carbocycles.